The second-order valence-corrected chi connectivity index (χ2v) is 8.71. The molecule has 0 saturated carbocycles. The molecule has 0 bridgehead atoms. The van der Waals surface area contributed by atoms with E-state index in [1.54, 1.807) is 48.5 Å². The lowest BCUT2D eigenvalue weighted by Gasteiger charge is -2.12. The molecule has 4 rings (SSSR count). The van der Waals surface area contributed by atoms with Gasteiger partial charge in [0.15, 0.2) is 11.6 Å². The van der Waals surface area contributed by atoms with Crippen molar-refractivity contribution in [3.8, 4) is 33.8 Å². The molecule has 186 valence electrons. The fourth-order valence-corrected chi connectivity index (χ4v) is 4.10. The lowest BCUT2D eigenvalue weighted by molar-refractivity contribution is 0.297. The van der Waals surface area contributed by atoms with Gasteiger partial charge >= 0.3 is 0 Å². The van der Waals surface area contributed by atoms with Gasteiger partial charge in [-0.3, -0.25) is 0 Å². The van der Waals surface area contributed by atoms with Crippen molar-refractivity contribution in [3.63, 3.8) is 0 Å². The van der Waals surface area contributed by atoms with Gasteiger partial charge < -0.3 is 9.47 Å². The zero-order valence-corrected chi connectivity index (χ0v) is 20.5. The molecule has 2 nitrogen and oxygen atoms in total. The molecular weight excluding hydrogens is 461 g/mol. The largest absolute Gasteiger partial charge is 0.497 e. The molecule has 0 fully saturated rings. The van der Waals surface area contributed by atoms with E-state index in [4.69, 9.17) is 9.47 Å². The third-order valence-electron chi connectivity index (χ3n) is 6.23. The maximum absolute atomic E-state index is 14.9. The summed E-state index contributed by atoms with van der Waals surface area (Å²) in [5, 5.41) is 0. The average Bonchev–Trinajstić information content (AvgIpc) is 2.90. The van der Waals surface area contributed by atoms with E-state index in [0.717, 1.165) is 19.3 Å². The number of hydrogen-bond acceptors (Lipinski definition) is 2. The SMILES string of the molecule is CCCCCc1ccc(-c2ccc(COc3ccc(-c4ccc(OC)cc4F)cc3)c(F)c2F)cc1. The smallest absolute Gasteiger partial charge is 0.167 e. The first-order valence-corrected chi connectivity index (χ1v) is 12.1. The molecular formula is C31H29F3O2. The van der Waals surface area contributed by atoms with Crippen molar-refractivity contribution < 1.29 is 22.6 Å². The summed E-state index contributed by atoms with van der Waals surface area (Å²) in [6.07, 6.45) is 4.44. The highest BCUT2D eigenvalue weighted by Crippen LogP contribution is 2.30. The van der Waals surface area contributed by atoms with Gasteiger partial charge in [-0.25, -0.2) is 13.2 Å². The second kappa shape index (κ2) is 11.8. The van der Waals surface area contributed by atoms with Crippen LogP contribution in [0.2, 0.25) is 0 Å². The number of rotatable bonds is 10. The second-order valence-electron chi connectivity index (χ2n) is 8.71. The van der Waals surface area contributed by atoms with E-state index >= 15 is 0 Å². The zero-order valence-electron chi connectivity index (χ0n) is 20.5. The van der Waals surface area contributed by atoms with Gasteiger partial charge in [0.05, 0.1) is 7.11 Å². The van der Waals surface area contributed by atoms with E-state index in [-0.39, 0.29) is 17.7 Å². The lowest BCUT2D eigenvalue weighted by Crippen LogP contribution is -2.02. The van der Waals surface area contributed by atoms with Gasteiger partial charge in [0.1, 0.15) is 23.9 Å². The summed E-state index contributed by atoms with van der Waals surface area (Å²) in [4.78, 5) is 0. The molecule has 4 aromatic rings. The highest BCUT2D eigenvalue weighted by atomic mass is 19.2. The molecule has 0 aliphatic heterocycles. The maximum atomic E-state index is 14.9. The van der Waals surface area contributed by atoms with E-state index in [0.29, 0.717) is 28.2 Å². The Morgan fingerprint density at radius 1 is 0.667 bits per heavy atom. The summed E-state index contributed by atoms with van der Waals surface area (Å²) in [6.45, 7) is 2.03. The van der Waals surface area contributed by atoms with Crippen LogP contribution in [0.3, 0.4) is 0 Å². The van der Waals surface area contributed by atoms with Crippen molar-refractivity contribution in [2.45, 2.75) is 39.2 Å². The molecule has 0 radical (unpaired) electrons. The van der Waals surface area contributed by atoms with Crippen molar-refractivity contribution >= 4 is 0 Å². The Hall–Kier alpha value is -3.73. The molecule has 4 aromatic carbocycles. The number of unbranched alkanes of at least 4 members (excludes halogenated alkanes) is 2. The van der Waals surface area contributed by atoms with Crippen molar-refractivity contribution in [2.24, 2.45) is 0 Å². The molecule has 0 atom stereocenters. The summed E-state index contributed by atoms with van der Waals surface area (Å²) in [5.74, 6) is -1.30. The summed E-state index contributed by atoms with van der Waals surface area (Å²) in [7, 11) is 1.48. The minimum absolute atomic E-state index is 0.123. The normalized spacial score (nSPS) is 10.9. The van der Waals surface area contributed by atoms with Crippen molar-refractivity contribution in [1.82, 2.24) is 0 Å². The fourth-order valence-electron chi connectivity index (χ4n) is 4.10. The molecule has 0 heterocycles. The maximum Gasteiger partial charge on any atom is 0.167 e. The average molecular weight is 491 g/mol. The minimum Gasteiger partial charge on any atom is -0.497 e. The number of methoxy groups -OCH3 is 1. The van der Waals surface area contributed by atoms with Crippen LogP contribution in [0, 0.1) is 17.5 Å². The highest BCUT2D eigenvalue weighted by molar-refractivity contribution is 5.66. The summed E-state index contributed by atoms with van der Waals surface area (Å²) in [6, 6.07) is 22.2. The summed E-state index contributed by atoms with van der Waals surface area (Å²) >= 11 is 0. The number of aryl methyl sites for hydroxylation is 1. The molecule has 0 amide bonds. The van der Waals surface area contributed by atoms with Gasteiger partial charge in [-0.15, -0.1) is 0 Å². The fraction of sp³-hybridized carbons (Fsp3) is 0.226. The van der Waals surface area contributed by atoms with E-state index in [1.807, 2.05) is 24.3 Å². The molecule has 36 heavy (non-hydrogen) atoms. The van der Waals surface area contributed by atoms with Crippen LogP contribution in [-0.4, -0.2) is 7.11 Å². The van der Waals surface area contributed by atoms with Gasteiger partial charge in [0.2, 0.25) is 0 Å². The third kappa shape index (κ3) is 5.91. The summed E-state index contributed by atoms with van der Waals surface area (Å²) in [5.41, 5.74) is 3.28. The van der Waals surface area contributed by atoms with E-state index < -0.39 is 17.5 Å². The molecule has 0 N–H and O–H groups in total. The van der Waals surface area contributed by atoms with Crippen LogP contribution in [0.1, 0.15) is 37.3 Å². The van der Waals surface area contributed by atoms with Crippen molar-refractivity contribution in [2.75, 3.05) is 7.11 Å². The quantitative estimate of drug-likeness (QED) is 0.207. The lowest BCUT2D eigenvalue weighted by atomic mass is 9.99. The Balaban J connectivity index is 1.42. The Bertz CT molecular complexity index is 1300. The number of hydrogen-bond donors (Lipinski definition) is 0. The monoisotopic (exact) mass is 490 g/mol. The van der Waals surface area contributed by atoms with Crippen LogP contribution < -0.4 is 9.47 Å². The molecule has 0 unspecified atom stereocenters. The van der Waals surface area contributed by atoms with Crippen LogP contribution in [-0.2, 0) is 13.0 Å². The van der Waals surface area contributed by atoms with Gasteiger partial charge in [-0.2, -0.15) is 0 Å². The Labute approximate surface area is 210 Å². The third-order valence-corrected chi connectivity index (χ3v) is 6.23. The van der Waals surface area contributed by atoms with Crippen LogP contribution in [0.5, 0.6) is 11.5 Å². The molecule has 0 aromatic heterocycles. The molecule has 5 heteroatoms. The van der Waals surface area contributed by atoms with Crippen molar-refractivity contribution in [1.29, 1.82) is 0 Å². The van der Waals surface area contributed by atoms with E-state index in [2.05, 4.69) is 6.92 Å². The van der Waals surface area contributed by atoms with Gasteiger partial charge in [-0.1, -0.05) is 68.3 Å². The molecule has 0 saturated heterocycles. The first-order valence-electron chi connectivity index (χ1n) is 12.1. The minimum atomic E-state index is -0.920. The van der Waals surface area contributed by atoms with Crippen LogP contribution in [0.4, 0.5) is 13.2 Å². The van der Waals surface area contributed by atoms with Gasteiger partial charge in [-0.05, 0) is 53.8 Å². The Morgan fingerprint density at radius 3 is 1.97 bits per heavy atom. The summed E-state index contributed by atoms with van der Waals surface area (Å²) < 4.78 is 54.7. The van der Waals surface area contributed by atoms with Gasteiger partial charge in [0.25, 0.3) is 0 Å². The number of ether oxygens (including phenoxy) is 2. The number of benzene rings is 4. The van der Waals surface area contributed by atoms with Gasteiger partial charge in [0, 0.05) is 22.8 Å². The predicted molar refractivity (Wildman–Crippen MR) is 138 cm³/mol. The zero-order chi connectivity index (χ0) is 25.5. The highest BCUT2D eigenvalue weighted by Gasteiger charge is 2.15. The number of halogens is 3. The standard InChI is InChI=1S/C31H29F3O2/c1-3-4-5-6-21-7-9-23(10-8-21)28-17-13-24(30(33)31(28)34)20-36-25-14-11-22(12-15-25)27-18-16-26(35-2)19-29(27)32/h7-19H,3-6,20H2,1-2H3. The van der Waals surface area contributed by atoms with Crippen LogP contribution >= 0.6 is 0 Å². The van der Waals surface area contributed by atoms with Crippen molar-refractivity contribution in [3.05, 3.63) is 107 Å². The van der Waals surface area contributed by atoms with Crippen LogP contribution in [0.15, 0.2) is 78.9 Å². The predicted octanol–water partition coefficient (Wildman–Crippen LogP) is 8.76. The Kier molecular flexibility index (Phi) is 8.32. The Morgan fingerprint density at radius 2 is 1.31 bits per heavy atom. The van der Waals surface area contributed by atoms with E-state index in [9.17, 15) is 13.2 Å². The van der Waals surface area contributed by atoms with Crippen LogP contribution in [0.25, 0.3) is 22.3 Å². The topological polar surface area (TPSA) is 18.5 Å². The molecule has 0 aliphatic carbocycles. The molecule has 0 spiro atoms. The first-order chi connectivity index (χ1) is 17.5. The molecule has 0 aliphatic rings. The van der Waals surface area contributed by atoms with E-state index in [1.165, 1.54) is 25.2 Å². The first kappa shape index (κ1) is 25.4.